The van der Waals surface area contributed by atoms with Gasteiger partial charge in [0.1, 0.15) is 6.07 Å². The molecule has 4 nitrogen and oxygen atoms in total. The summed E-state index contributed by atoms with van der Waals surface area (Å²) < 4.78 is 0. The van der Waals surface area contributed by atoms with Gasteiger partial charge >= 0.3 is 0 Å². The predicted octanol–water partition coefficient (Wildman–Crippen LogP) is 1.99. The van der Waals surface area contributed by atoms with Crippen LogP contribution in [0.4, 0.5) is 5.69 Å². The van der Waals surface area contributed by atoms with E-state index in [1.54, 1.807) is 0 Å². The lowest BCUT2D eigenvalue weighted by atomic mass is 9.86. The monoisotopic (exact) mass is 258 g/mol. The molecule has 2 heterocycles. The highest BCUT2D eigenvalue weighted by Gasteiger charge is 2.27. The molecule has 2 N–H and O–H groups in total. The van der Waals surface area contributed by atoms with Crippen molar-refractivity contribution in [2.45, 2.75) is 27.2 Å². The van der Waals surface area contributed by atoms with Gasteiger partial charge in [-0.2, -0.15) is 5.26 Å². The van der Waals surface area contributed by atoms with Crippen LogP contribution in [-0.4, -0.2) is 24.6 Å². The Labute approximate surface area is 115 Å². The molecule has 2 unspecified atom stereocenters. The largest absolute Gasteiger partial charge is 0.370 e. The van der Waals surface area contributed by atoms with Gasteiger partial charge in [-0.15, -0.1) is 0 Å². The van der Waals surface area contributed by atoms with Gasteiger partial charge in [0.25, 0.3) is 0 Å². The second-order valence-corrected chi connectivity index (χ2v) is 5.56. The van der Waals surface area contributed by atoms with Crippen molar-refractivity contribution in [3.05, 3.63) is 23.0 Å². The molecule has 4 heteroatoms. The summed E-state index contributed by atoms with van der Waals surface area (Å²) in [5.41, 5.74) is 9.38. The van der Waals surface area contributed by atoms with Crippen LogP contribution in [-0.2, 0) is 0 Å². The Hall–Kier alpha value is -1.60. The van der Waals surface area contributed by atoms with E-state index in [4.69, 9.17) is 5.73 Å². The number of hydrogen-bond donors (Lipinski definition) is 1. The van der Waals surface area contributed by atoms with Gasteiger partial charge in [-0.1, -0.05) is 6.92 Å². The van der Waals surface area contributed by atoms with Crippen LogP contribution in [0.25, 0.3) is 0 Å². The lowest BCUT2D eigenvalue weighted by Gasteiger charge is -2.38. The van der Waals surface area contributed by atoms with E-state index in [1.807, 2.05) is 19.9 Å². The van der Waals surface area contributed by atoms with Crippen molar-refractivity contribution in [2.75, 3.05) is 24.5 Å². The maximum Gasteiger partial charge on any atom is 0.103 e. The fraction of sp³-hybridized carbons (Fsp3) is 0.600. The van der Waals surface area contributed by atoms with Crippen LogP contribution in [0.2, 0.25) is 0 Å². The summed E-state index contributed by atoms with van der Waals surface area (Å²) in [6.45, 7) is 8.79. The zero-order valence-electron chi connectivity index (χ0n) is 12.0. The highest BCUT2D eigenvalue weighted by molar-refractivity contribution is 5.61. The summed E-state index contributed by atoms with van der Waals surface area (Å²) in [7, 11) is 0. The highest BCUT2D eigenvalue weighted by atomic mass is 15.1. The number of anilines is 1. The summed E-state index contributed by atoms with van der Waals surface area (Å²) in [6.07, 6.45) is 1.13. The third-order valence-electron chi connectivity index (χ3n) is 4.18. The van der Waals surface area contributed by atoms with Gasteiger partial charge < -0.3 is 10.6 Å². The van der Waals surface area contributed by atoms with Gasteiger partial charge in [0.2, 0.25) is 0 Å². The number of piperidine rings is 1. The molecule has 0 aliphatic carbocycles. The molecule has 2 atom stereocenters. The first-order chi connectivity index (χ1) is 9.06. The van der Waals surface area contributed by atoms with Crippen molar-refractivity contribution in [3.8, 4) is 6.07 Å². The van der Waals surface area contributed by atoms with Gasteiger partial charge in [-0.05, 0) is 44.7 Å². The Morgan fingerprint density at radius 1 is 1.53 bits per heavy atom. The normalized spacial score (nSPS) is 23.2. The number of pyridine rings is 1. The Morgan fingerprint density at radius 2 is 2.26 bits per heavy atom. The van der Waals surface area contributed by atoms with E-state index < -0.39 is 0 Å². The van der Waals surface area contributed by atoms with Crippen molar-refractivity contribution < 1.29 is 0 Å². The van der Waals surface area contributed by atoms with Crippen LogP contribution >= 0.6 is 0 Å². The molecule has 1 aromatic heterocycles. The van der Waals surface area contributed by atoms with E-state index in [9.17, 15) is 5.26 Å². The van der Waals surface area contributed by atoms with Crippen LogP contribution < -0.4 is 10.6 Å². The van der Waals surface area contributed by atoms with Crippen molar-refractivity contribution in [1.29, 1.82) is 5.26 Å². The van der Waals surface area contributed by atoms with E-state index in [0.717, 1.165) is 36.6 Å². The molecule has 1 fully saturated rings. The van der Waals surface area contributed by atoms with E-state index in [0.29, 0.717) is 23.9 Å². The van der Waals surface area contributed by atoms with Crippen molar-refractivity contribution in [3.63, 3.8) is 0 Å². The third-order valence-corrected chi connectivity index (χ3v) is 4.18. The lowest BCUT2D eigenvalue weighted by Crippen LogP contribution is -2.43. The number of nitrogens with zero attached hydrogens (tertiary/aromatic N) is 3. The average molecular weight is 258 g/mol. The van der Waals surface area contributed by atoms with Crippen LogP contribution in [0.3, 0.4) is 0 Å². The number of aromatic nitrogens is 1. The number of aryl methyl sites for hydroxylation is 2. The summed E-state index contributed by atoms with van der Waals surface area (Å²) >= 11 is 0. The first kappa shape index (κ1) is 13.8. The smallest absolute Gasteiger partial charge is 0.103 e. The summed E-state index contributed by atoms with van der Waals surface area (Å²) in [4.78, 5) is 6.68. The molecular weight excluding hydrogens is 236 g/mol. The summed E-state index contributed by atoms with van der Waals surface area (Å²) in [6, 6.07) is 4.32. The fourth-order valence-electron chi connectivity index (χ4n) is 2.87. The van der Waals surface area contributed by atoms with E-state index in [-0.39, 0.29) is 0 Å². The Balaban J connectivity index is 2.34. The predicted molar refractivity (Wildman–Crippen MR) is 77.0 cm³/mol. The molecule has 1 saturated heterocycles. The van der Waals surface area contributed by atoms with Gasteiger partial charge in [-0.25, -0.2) is 0 Å². The molecule has 102 valence electrons. The van der Waals surface area contributed by atoms with Crippen LogP contribution in [0, 0.1) is 37.0 Å². The number of hydrogen-bond acceptors (Lipinski definition) is 4. The maximum atomic E-state index is 9.35. The Morgan fingerprint density at radius 3 is 2.89 bits per heavy atom. The molecule has 0 saturated carbocycles. The van der Waals surface area contributed by atoms with Crippen molar-refractivity contribution in [1.82, 2.24) is 4.98 Å². The molecule has 0 radical (unpaired) electrons. The van der Waals surface area contributed by atoms with Gasteiger partial charge in [-0.3, -0.25) is 4.98 Å². The molecular formula is C15H22N4. The first-order valence-electron chi connectivity index (χ1n) is 6.90. The molecule has 19 heavy (non-hydrogen) atoms. The second kappa shape index (κ2) is 5.58. The first-order valence-corrected chi connectivity index (χ1v) is 6.90. The molecule has 0 spiro atoms. The zero-order chi connectivity index (χ0) is 14.0. The minimum Gasteiger partial charge on any atom is -0.370 e. The third kappa shape index (κ3) is 2.71. The minimum absolute atomic E-state index is 0.508. The van der Waals surface area contributed by atoms with Crippen molar-refractivity contribution >= 4 is 5.69 Å². The Bertz CT molecular complexity index is 504. The zero-order valence-corrected chi connectivity index (χ0v) is 12.0. The minimum atomic E-state index is 0.508. The molecule has 2 rings (SSSR count). The lowest BCUT2D eigenvalue weighted by molar-refractivity contribution is 0.307. The summed E-state index contributed by atoms with van der Waals surface area (Å²) in [5.74, 6) is 1.17. The molecule has 0 aromatic carbocycles. The van der Waals surface area contributed by atoms with Gasteiger partial charge in [0.05, 0.1) is 16.9 Å². The standard InChI is InChI=1S/C15H22N4/c1-10-4-5-19(9-13(10)7-16)15-6-11(2)18-12(3)14(15)8-17/h6,10,13H,4-5,7,9,16H2,1-3H3. The Kier molecular flexibility index (Phi) is 4.06. The number of nitriles is 1. The van der Waals surface area contributed by atoms with Crippen molar-refractivity contribution in [2.24, 2.45) is 17.6 Å². The second-order valence-electron chi connectivity index (χ2n) is 5.56. The van der Waals surface area contributed by atoms with Gasteiger partial charge in [0, 0.05) is 18.8 Å². The van der Waals surface area contributed by atoms with E-state index in [2.05, 4.69) is 22.9 Å². The summed E-state index contributed by atoms with van der Waals surface area (Å²) in [5, 5.41) is 9.35. The maximum absolute atomic E-state index is 9.35. The van der Waals surface area contributed by atoms with Crippen LogP contribution in [0.5, 0.6) is 0 Å². The van der Waals surface area contributed by atoms with Gasteiger partial charge in [0.15, 0.2) is 0 Å². The van der Waals surface area contributed by atoms with Crippen LogP contribution in [0.1, 0.15) is 30.3 Å². The number of nitrogens with two attached hydrogens (primary N) is 1. The topological polar surface area (TPSA) is 65.9 Å². The SMILES string of the molecule is Cc1cc(N2CCC(C)C(CN)C2)c(C#N)c(C)n1. The number of rotatable bonds is 2. The molecule has 0 bridgehead atoms. The molecule has 0 amide bonds. The van der Waals surface area contributed by atoms with E-state index >= 15 is 0 Å². The van der Waals surface area contributed by atoms with E-state index in [1.165, 1.54) is 0 Å². The molecule has 1 aromatic rings. The quantitative estimate of drug-likeness (QED) is 0.881. The molecule has 1 aliphatic heterocycles. The average Bonchev–Trinajstić information content (AvgIpc) is 2.38. The fourth-order valence-corrected chi connectivity index (χ4v) is 2.87. The van der Waals surface area contributed by atoms with Crippen LogP contribution in [0.15, 0.2) is 6.07 Å². The molecule has 1 aliphatic rings. The highest BCUT2D eigenvalue weighted by Crippen LogP contribution is 2.30.